The van der Waals surface area contributed by atoms with Gasteiger partial charge in [-0.1, -0.05) is 6.07 Å². The third-order valence-electron chi connectivity index (χ3n) is 3.64. The summed E-state index contributed by atoms with van der Waals surface area (Å²) >= 11 is 0. The molecule has 0 spiro atoms. The van der Waals surface area contributed by atoms with E-state index >= 15 is 0 Å². The molecule has 0 radical (unpaired) electrons. The quantitative estimate of drug-likeness (QED) is 0.862. The number of amides is 1. The molecule has 0 saturated carbocycles. The van der Waals surface area contributed by atoms with Gasteiger partial charge in [-0.15, -0.1) is 0 Å². The summed E-state index contributed by atoms with van der Waals surface area (Å²) in [6.45, 7) is 2.65. The van der Waals surface area contributed by atoms with Crippen molar-refractivity contribution in [1.29, 1.82) is 0 Å². The lowest BCUT2D eigenvalue weighted by atomic mass is 9.83. The van der Waals surface area contributed by atoms with Crippen molar-refractivity contribution in [3.8, 4) is 11.5 Å². The van der Waals surface area contributed by atoms with Crippen LogP contribution in [0, 0.1) is 0 Å². The molecule has 0 aliphatic carbocycles. The highest BCUT2D eigenvalue weighted by atomic mass is 19.3. The van der Waals surface area contributed by atoms with Crippen LogP contribution in [0.15, 0.2) is 18.2 Å². The third kappa shape index (κ3) is 3.47. The molecule has 0 unspecified atom stereocenters. The average molecular weight is 314 g/mol. The second-order valence-corrected chi connectivity index (χ2v) is 5.73. The van der Waals surface area contributed by atoms with Gasteiger partial charge in [0.05, 0.1) is 18.5 Å². The normalized spacial score (nSPS) is 14.6. The zero-order valence-corrected chi connectivity index (χ0v) is 12.6. The van der Waals surface area contributed by atoms with Gasteiger partial charge in [-0.3, -0.25) is 4.79 Å². The van der Waals surface area contributed by atoms with E-state index in [1.807, 2.05) is 0 Å². The monoisotopic (exact) mass is 314 g/mol. The minimum atomic E-state index is -3.11. The Morgan fingerprint density at radius 1 is 1.27 bits per heavy atom. The van der Waals surface area contributed by atoms with Crippen LogP contribution in [0.25, 0.3) is 0 Å². The molecule has 1 aliphatic rings. The number of carbonyl (C=O) groups excluding carboxylic acids is 1. The molecule has 122 valence electrons. The van der Waals surface area contributed by atoms with E-state index in [1.54, 1.807) is 32.0 Å². The van der Waals surface area contributed by atoms with Crippen LogP contribution < -0.4 is 20.5 Å². The molecule has 1 aromatic rings. The second-order valence-electron chi connectivity index (χ2n) is 5.73. The minimum Gasteiger partial charge on any atom is -0.486 e. The van der Waals surface area contributed by atoms with E-state index in [4.69, 9.17) is 15.2 Å². The van der Waals surface area contributed by atoms with Gasteiger partial charge >= 0.3 is 0 Å². The van der Waals surface area contributed by atoms with Gasteiger partial charge in [0.1, 0.15) is 13.2 Å². The van der Waals surface area contributed by atoms with Crippen molar-refractivity contribution < 1.29 is 23.0 Å². The Morgan fingerprint density at radius 3 is 2.55 bits per heavy atom. The Bertz CT molecular complexity index is 562. The molecule has 0 fully saturated rings. The summed E-state index contributed by atoms with van der Waals surface area (Å²) in [5.74, 6) is -2.45. The Kier molecular flexibility index (Phi) is 4.55. The molecule has 5 nitrogen and oxygen atoms in total. The summed E-state index contributed by atoms with van der Waals surface area (Å²) in [4.78, 5) is 12.2. The van der Waals surface area contributed by atoms with Crippen LogP contribution in [-0.4, -0.2) is 38.1 Å². The summed E-state index contributed by atoms with van der Waals surface area (Å²) in [7, 11) is 0. The number of rotatable bonds is 5. The first-order valence-corrected chi connectivity index (χ1v) is 7.02. The van der Waals surface area contributed by atoms with Crippen LogP contribution in [0.1, 0.15) is 19.4 Å². The zero-order valence-electron chi connectivity index (χ0n) is 12.6. The van der Waals surface area contributed by atoms with Crippen LogP contribution >= 0.6 is 0 Å². The number of fused-ring (bicyclic) bond motifs is 1. The van der Waals surface area contributed by atoms with E-state index in [9.17, 15) is 13.6 Å². The first-order valence-electron chi connectivity index (χ1n) is 7.02. The van der Waals surface area contributed by atoms with Crippen LogP contribution in [0.4, 0.5) is 8.78 Å². The molecule has 3 N–H and O–H groups in total. The molecule has 22 heavy (non-hydrogen) atoms. The number of hydrogen-bond donors (Lipinski definition) is 2. The highest BCUT2D eigenvalue weighted by Gasteiger charge is 2.34. The lowest BCUT2D eigenvalue weighted by Crippen LogP contribution is -2.47. The first-order chi connectivity index (χ1) is 10.3. The van der Waals surface area contributed by atoms with Gasteiger partial charge < -0.3 is 20.5 Å². The predicted octanol–water partition coefficient (Wildman–Crippen LogP) is 1.45. The third-order valence-corrected chi connectivity index (χ3v) is 3.64. The number of nitrogens with two attached hydrogens (primary N) is 1. The number of alkyl halides is 2. The van der Waals surface area contributed by atoms with Gasteiger partial charge in [-0.25, -0.2) is 8.78 Å². The molecule has 0 atom stereocenters. The predicted molar refractivity (Wildman–Crippen MR) is 77.5 cm³/mol. The highest BCUT2D eigenvalue weighted by Crippen LogP contribution is 2.35. The van der Waals surface area contributed by atoms with Crippen LogP contribution in [0.5, 0.6) is 11.5 Å². The van der Waals surface area contributed by atoms with Crippen molar-refractivity contribution in [3.05, 3.63) is 23.8 Å². The molecule has 1 heterocycles. The number of halogens is 2. The topological polar surface area (TPSA) is 73.6 Å². The van der Waals surface area contributed by atoms with E-state index < -0.39 is 30.3 Å². The smallest absolute Gasteiger partial charge is 0.277 e. The fourth-order valence-corrected chi connectivity index (χ4v) is 2.07. The van der Waals surface area contributed by atoms with Crippen molar-refractivity contribution in [1.82, 2.24) is 5.32 Å². The van der Waals surface area contributed by atoms with Crippen LogP contribution in [0.3, 0.4) is 0 Å². The molecule has 1 aliphatic heterocycles. The Hall–Kier alpha value is -1.89. The van der Waals surface area contributed by atoms with E-state index in [0.717, 1.165) is 0 Å². The summed E-state index contributed by atoms with van der Waals surface area (Å²) in [6, 6.07) is 5.15. The van der Waals surface area contributed by atoms with Crippen molar-refractivity contribution in [2.45, 2.75) is 25.2 Å². The maximum atomic E-state index is 13.2. The fraction of sp³-hybridized carbons (Fsp3) is 0.533. The van der Waals surface area contributed by atoms with Crippen molar-refractivity contribution in [2.75, 3.05) is 26.3 Å². The zero-order chi connectivity index (χ0) is 16.4. The number of ether oxygens (including phenoxy) is 2. The number of carbonyl (C=O) groups is 1. The molecule has 0 aromatic heterocycles. The van der Waals surface area contributed by atoms with Crippen LogP contribution in [0.2, 0.25) is 0 Å². The molecular formula is C15H20F2N2O3. The van der Waals surface area contributed by atoms with E-state index in [2.05, 4.69) is 5.32 Å². The molecule has 2 rings (SSSR count). The van der Waals surface area contributed by atoms with Gasteiger partial charge in [0.25, 0.3) is 5.92 Å². The van der Waals surface area contributed by atoms with E-state index in [0.29, 0.717) is 30.3 Å². The summed E-state index contributed by atoms with van der Waals surface area (Å²) in [5.41, 5.74) is 4.63. The maximum Gasteiger partial charge on any atom is 0.277 e. The van der Waals surface area contributed by atoms with Gasteiger partial charge in [-0.05, 0) is 31.5 Å². The molecule has 1 amide bonds. The van der Waals surface area contributed by atoms with Gasteiger partial charge in [-0.2, -0.15) is 0 Å². The lowest BCUT2D eigenvalue weighted by Gasteiger charge is -2.27. The average Bonchev–Trinajstić information content (AvgIpc) is 2.52. The molecule has 0 bridgehead atoms. The lowest BCUT2D eigenvalue weighted by molar-refractivity contribution is -0.127. The standard InChI is InChI=1S/C15H20F2N2O3/c1-14(2,13(20)19-9-15(16,17)8-18)10-3-4-11-12(7-10)22-6-5-21-11/h3-4,7H,5-6,8-9,18H2,1-2H3,(H,19,20). The summed E-state index contributed by atoms with van der Waals surface area (Å²) in [6.07, 6.45) is 0. The van der Waals surface area contributed by atoms with Gasteiger partial charge in [0, 0.05) is 0 Å². The van der Waals surface area contributed by atoms with Gasteiger partial charge in [0.15, 0.2) is 11.5 Å². The first kappa shape index (κ1) is 16.5. The maximum absolute atomic E-state index is 13.2. The Balaban J connectivity index is 2.13. The molecular weight excluding hydrogens is 294 g/mol. The molecule has 1 aromatic carbocycles. The Labute approximate surface area is 127 Å². The van der Waals surface area contributed by atoms with Crippen LogP contribution in [-0.2, 0) is 10.2 Å². The van der Waals surface area contributed by atoms with Crippen molar-refractivity contribution in [3.63, 3.8) is 0 Å². The second kappa shape index (κ2) is 6.08. The summed E-state index contributed by atoms with van der Waals surface area (Å²) < 4.78 is 37.2. The highest BCUT2D eigenvalue weighted by molar-refractivity contribution is 5.87. The Morgan fingerprint density at radius 2 is 1.91 bits per heavy atom. The van der Waals surface area contributed by atoms with Gasteiger partial charge in [0.2, 0.25) is 5.91 Å². The number of nitrogens with one attached hydrogen (secondary N) is 1. The van der Waals surface area contributed by atoms with Crippen molar-refractivity contribution in [2.24, 2.45) is 5.73 Å². The number of hydrogen-bond acceptors (Lipinski definition) is 4. The largest absolute Gasteiger partial charge is 0.486 e. The van der Waals surface area contributed by atoms with E-state index in [-0.39, 0.29) is 0 Å². The number of benzene rings is 1. The molecule has 7 heteroatoms. The fourth-order valence-electron chi connectivity index (χ4n) is 2.07. The SMILES string of the molecule is CC(C)(C(=O)NCC(F)(F)CN)c1ccc2c(c1)OCCO2. The molecule has 0 saturated heterocycles. The van der Waals surface area contributed by atoms with Crippen molar-refractivity contribution >= 4 is 5.91 Å². The summed E-state index contributed by atoms with van der Waals surface area (Å²) in [5, 5.41) is 2.25. The minimum absolute atomic E-state index is 0.436. The van der Waals surface area contributed by atoms with E-state index in [1.165, 1.54) is 0 Å².